The maximum absolute atomic E-state index is 11.7. The minimum atomic E-state index is -0.512. The first-order valence-electron chi connectivity index (χ1n) is 6.93. The number of fused-ring (bicyclic) bond motifs is 3. The number of aliphatic hydroxyl groups is 1. The fourth-order valence-electron chi connectivity index (χ4n) is 4.86. The molecule has 1 aliphatic heterocycles. The molecule has 0 spiro atoms. The van der Waals surface area contributed by atoms with Gasteiger partial charge in [-0.15, -0.1) is 0 Å². The van der Waals surface area contributed by atoms with Crippen molar-refractivity contribution in [3.63, 3.8) is 0 Å². The Morgan fingerprint density at radius 1 is 1.33 bits per heavy atom. The van der Waals surface area contributed by atoms with Crippen LogP contribution in [0.2, 0.25) is 0 Å². The molecule has 1 saturated carbocycles. The quantitative estimate of drug-likeness (QED) is 0.671. The van der Waals surface area contributed by atoms with E-state index in [1.807, 2.05) is 0 Å². The SMILES string of the molecule is CC1(C)CCC[C@@]2(C)C1[C@@H](O)C=C1C(=O)OC[C@@H]12. The van der Waals surface area contributed by atoms with Gasteiger partial charge in [0.2, 0.25) is 0 Å². The Bertz CT molecular complexity index is 423. The molecule has 18 heavy (non-hydrogen) atoms. The molecule has 3 rings (SSSR count). The van der Waals surface area contributed by atoms with Crippen molar-refractivity contribution in [3.8, 4) is 0 Å². The predicted molar refractivity (Wildman–Crippen MR) is 67.8 cm³/mol. The van der Waals surface area contributed by atoms with E-state index in [1.54, 1.807) is 6.08 Å². The van der Waals surface area contributed by atoms with Gasteiger partial charge in [0.05, 0.1) is 12.7 Å². The topological polar surface area (TPSA) is 46.5 Å². The fourth-order valence-corrected chi connectivity index (χ4v) is 4.86. The number of hydrogen-bond donors (Lipinski definition) is 1. The lowest BCUT2D eigenvalue weighted by atomic mass is 9.48. The molecule has 0 amide bonds. The molecule has 1 N–H and O–H groups in total. The first-order chi connectivity index (χ1) is 8.36. The summed E-state index contributed by atoms with van der Waals surface area (Å²) in [6, 6.07) is 0. The average Bonchev–Trinajstić information content (AvgIpc) is 2.59. The van der Waals surface area contributed by atoms with E-state index in [2.05, 4.69) is 20.8 Å². The van der Waals surface area contributed by atoms with Crippen LogP contribution >= 0.6 is 0 Å². The summed E-state index contributed by atoms with van der Waals surface area (Å²) in [5, 5.41) is 10.5. The fraction of sp³-hybridized carbons (Fsp3) is 0.800. The Kier molecular flexibility index (Phi) is 2.44. The first-order valence-corrected chi connectivity index (χ1v) is 6.93. The molecule has 1 heterocycles. The second-order valence-corrected chi connectivity index (χ2v) is 7.09. The number of hydrogen-bond acceptors (Lipinski definition) is 3. The molecule has 0 radical (unpaired) electrons. The van der Waals surface area contributed by atoms with Gasteiger partial charge in [0, 0.05) is 11.5 Å². The van der Waals surface area contributed by atoms with Gasteiger partial charge < -0.3 is 9.84 Å². The molecule has 0 aromatic carbocycles. The van der Waals surface area contributed by atoms with Crippen molar-refractivity contribution in [3.05, 3.63) is 11.6 Å². The van der Waals surface area contributed by atoms with E-state index in [0.29, 0.717) is 6.61 Å². The summed E-state index contributed by atoms with van der Waals surface area (Å²) in [7, 11) is 0. The number of rotatable bonds is 0. The smallest absolute Gasteiger partial charge is 0.334 e. The molecule has 1 saturated heterocycles. The summed E-state index contributed by atoms with van der Waals surface area (Å²) in [6.07, 6.45) is 4.65. The monoisotopic (exact) mass is 250 g/mol. The highest BCUT2D eigenvalue weighted by Gasteiger charge is 2.58. The minimum absolute atomic E-state index is 0.00257. The van der Waals surface area contributed by atoms with E-state index in [0.717, 1.165) is 18.4 Å². The van der Waals surface area contributed by atoms with Crippen molar-refractivity contribution in [2.75, 3.05) is 6.61 Å². The highest BCUT2D eigenvalue weighted by molar-refractivity contribution is 5.91. The normalized spacial score (nSPS) is 45.9. The zero-order valence-corrected chi connectivity index (χ0v) is 11.4. The van der Waals surface area contributed by atoms with E-state index >= 15 is 0 Å². The number of cyclic esters (lactones) is 1. The predicted octanol–water partition coefficient (Wildman–Crippen LogP) is 2.29. The second-order valence-electron chi connectivity index (χ2n) is 7.09. The van der Waals surface area contributed by atoms with E-state index < -0.39 is 6.10 Å². The van der Waals surface area contributed by atoms with E-state index in [4.69, 9.17) is 4.74 Å². The van der Waals surface area contributed by atoms with E-state index in [1.165, 1.54) is 6.42 Å². The summed E-state index contributed by atoms with van der Waals surface area (Å²) >= 11 is 0. The number of carbonyl (C=O) groups is 1. The Balaban J connectivity index is 2.10. The van der Waals surface area contributed by atoms with Crippen molar-refractivity contribution in [2.24, 2.45) is 22.7 Å². The number of ether oxygens (including phenoxy) is 1. The summed E-state index contributed by atoms with van der Waals surface area (Å²) in [5.41, 5.74) is 0.844. The maximum Gasteiger partial charge on any atom is 0.334 e. The molecular weight excluding hydrogens is 228 g/mol. The van der Waals surface area contributed by atoms with Crippen LogP contribution in [0, 0.1) is 22.7 Å². The van der Waals surface area contributed by atoms with Crippen molar-refractivity contribution in [2.45, 2.75) is 46.1 Å². The number of esters is 1. The summed E-state index contributed by atoms with van der Waals surface area (Å²) < 4.78 is 5.21. The molecule has 3 nitrogen and oxygen atoms in total. The summed E-state index contributed by atoms with van der Waals surface area (Å²) in [6.45, 7) is 7.23. The summed E-state index contributed by atoms with van der Waals surface area (Å²) in [4.78, 5) is 11.7. The lowest BCUT2D eigenvalue weighted by molar-refractivity contribution is -0.135. The maximum atomic E-state index is 11.7. The van der Waals surface area contributed by atoms with Gasteiger partial charge in [-0.3, -0.25) is 0 Å². The minimum Gasteiger partial charge on any atom is -0.462 e. The Hall–Kier alpha value is -0.830. The first kappa shape index (κ1) is 12.2. The van der Waals surface area contributed by atoms with Gasteiger partial charge in [0.1, 0.15) is 0 Å². The zero-order valence-electron chi connectivity index (χ0n) is 11.4. The third-order valence-corrected chi connectivity index (χ3v) is 5.57. The molecule has 3 aliphatic rings. The largest absolute Gasteiger partial charge is 0.462 e. The Labute approximate surface area is 108 Å². The van der Waals surface area contributed by atoms with Gasteiger partial charge >= 0.3 is 5.97 Å². The van der Waals surface area contributed by atoms with E-state index in [-0.39, 0.29) is 28.6 Å². The van der Waals surface area contributed by atoms with Crippen molar-refractivity contribution in [1.82, 2.24) is 0 Å². The molecule has 3 heteroatoms. The highest BCUT2D eigenvalue weighted by atomic mass is 16.5. The molecule has 4 atom stereocenters. The Morgan fingerprint density at radius 3 is 2.78 bits per heavy atom. The molecule has 0 aromatic heterocycles. The molecule has 2 fully saturated rings. The van der Waals surface area contributed by atoms with Crippen LogP contribution in [0.1, 0.15) is 40.0 Å². The molecule has 0 aromatic rings. The van der Waals surface area contributed by atoms with Crippen molar-refractivity contribution in [1.29, 1.82) is 0 Å². The summed E-state index contributed by atoms with van der Waals surface area (Å²) in [5.74, 6) is 0.182. The molecule has 100 valence electrons. The second kappa shape index (κ2) is 3.60. The number of carbonyl (C=O) groups excluding carboxylic acids is 1. The van der Waals surface area contributed by atoms with Crippen LogP contribution in [0.5, 0.6) is 0 Å². The number of aliphatic hydroxyl groups excluding tert-OH is 1. The lowest BCUT2D eigenvalue weighted by Crippen LogP contribution is -2.54. The van der Waals surface area contributed by atoms with Crippen LogP contribution in [-0.4, -0.2) is 23.8 Å². The van der Waals surface area contributed by atoms with E-state index in [9.17, 15) is 9.90 Å². The van der Waals surface area contributed by atoms with Crippen molar-refractivity contribution >= 4 is 5.97 Å². The third-order valence-electron chi connectivity index (χ3n) is 5.57. The van der Waals surface area contributed by atoms with Crippen LogP contribution in [-0.2, 0) is 9.53 Å². The van der Waals surface area contributed by atoms with Gasteiger partial charge in [-0.25, -0.2) is 4.79 Å². The molecular formula is C15H22O3. The van der Waals surface area contributed by atoms with Gasteiger partial charge in [-0.05, 0) is 35.7 Å². The lowest BCUT2D eigenvalue weighted by Gasteiger charge is -2.56. The van der Waals surface area contributed by atoms with Crippen LogP contribution in [0.15, 0.2) is 11.6 Å². The molecule has 2 aliphatic carbocycles. The average molecular weight is 250 g/mol. The van der Waals surface area contributed by atoms with Gasteiger partial charge in [-0.2, -0.15) is 0 Å². The third kappa shape index (κ3) is 1.43. The van der Waals surface area contributed by atoms with Gasteiger partial charge in [0.15, 0.2) is 0 Å². The zero-order chi connectivity index (χ0) is 13.1. The van der Waals surface area contributed by atoms with Crippen LogP contribution in [0.4, 0.5) is 0 Å². The highest BCUT2D eigenvalue weighted by Crippen LogP contribution is 2.60. The molecule has 1 unspecified atom stereocenters. The van der Waals surface area contributed by atoms with Gasteiger partial charge in [0.25, 0.3) is 0 Å². The van der Waals surface area contributed by atoms with Crippen LogP contribution in [0.25, 0.3) is 0 Å². The molecule has 0 bridgehead atoms. The standard InChI is InChI=1S/C15H22O3/c1-14(2)5-4-6-15(3)10-8-18-13(17)9(10)7-11(16)12(14)15/h7,10-12,16H,4-6,8H2,1-3H3/t10-,11-,12?,15+/m0/s1. The van der Waals surface area contributed by atoms with Crippen molar-refractivity contribution < 1.29 is 14.6 Å². The van der Waals surface area contributed by atoms with Gasteiger partial charge in [-0.1, -0.05) is 27.2 Å². The van der Waals surface area contributed by atoms with Crippen LogP contribution in [0.3, 0.4) is 0 Å². The van der Waals surface area contributed by atoms with Crippen LogP contribution < -0.4 is 0 Å². The Morgan fingerprint density at radius 2 is 2.06 bits per heavy atom.